The van der Waals surface area contributed by atoms with E-state index in [4.69, 9.17) is 15.2 Å². The van der Waals surface area contributed by atoms with Crippen molar-refractivity contribution < 1.29 is 9.47 Å². The van der Waals surface area contributed by atoms with E-state index in [-0.39, 0.29) is 17.6 Å². The third-order valence-electron chi connectivity index (χ3n) is 3.05. The van der Waals surface area contributed by atoms with Gasteiger partial charge in [0.2, 0.25) is 0 Å². The van der Waals surface area contributed by atoms with Gasteiger partial charge < -0.3 is 15.2 Å². The number of nitrogens with two attached hydrogens (primary N) is 1. The van der Waals surface area contributed by atoms with Crippen molar-refractivity contribution in [3.8, 4) is 0 Å². The molecule has 5 heteroatoms. The van der Waals surface area contributed by atoms with Crippen LogP contribution in [0.15, 0.2) is 5.38 Å². The fourth-order valence-electron chi connectivity index (χ4n) is 1.70. The molecule has 16 heavy (non-hydrogen) atoms. The quantitative estimate of drug-likeness (QED) is 0.872. The van der Waals surface area contributed by atoms with Crippen LogP contribution in [0.1, 0.15) is 30.5 Å². The van der Waals surface area contributed by atoms with Crippen LogP contribution in [0.2, 0.25) is 0 Å². The first-order chi connectivity index (χ1) is 7.54. The van der Waals surface area contributed by atoms with Crippen LogP contribution in [0.5, 0.6) is 0 Å². The zero-order valence-corrected chi connectivity index (χ0v) is 10.7. The molecular formula is C11H18N2O2S. The Morgan fingerprint density at radius 3 is 2.88 bits per heavy atom. The normalized spacial score (nSPS) is 26.2. The second-order valence-corrected chi connectivity index (χ2v) is 5.46. The third kappa shape index (κ3) is 2.13. The summed E-state index contributed by atoms with van der Waals surface area (Å²) in [6.07, 6.45) is 0. The lowest BCUT2D eigenvalue weighted by Crippen LogP contribution is -2.27. The Morgan fingerprint density at radius 2 is 2.31 bits per heavy atom. The monoisotopic (exact) mass is 242 g/mol. The van der Waals surface area contributed by atoms with Gasteiger partial charge in [-0.25, -0.2) is 4.98 Å². The molecule has 1 aromatic heterocycles. The average Bonchev–Trinajstić information content (AvgIpc) is 2.85. The maximum absolute atomic E-state index is 5.97. The van der Waals surface area contributed by atoms with Crippen LogP contribution < -0.4 is 5.73 Å². The Hall–Kier alpha value is -0.490. The summed E-state index contributed by atoms with van der Waals surface area (Å²) < 4.78 is 10.8. The lowest BCUT2D eigenvalue weighted by atomic mass is 10.0. The van der Waals surface area contributed by atoms with E-state index in [1.807, 2.05) is 13.8 Å². The molecule has 1 aliphatic heterocycles. The average molecular weight is 242 g/mol. The predicted molar refractivity (Wildman–Crippen MR) is 63.7 cm³/mol. The van der Waals surface area contributed by atoms with Crippen LogP contribution in [-0.2, 0) is 15.1 Å². The maximum atomic E-state index is 5.97. The standard InChI is InChI=1S/C11H18N2O2S/c1-11(2,14-3)10-13-9(6-16-10)7-4-15-5-8(7)12/h6-8H,4-5,12H2,1-3H3. The van der Waals surface area contributed by atoms with Gasteiger partial charge in [-0.2, -0.15) is 0 Å². The van der Waals surface area contributed by atoms with Gasteiger partial charge in [0.15, 0.2) is 0 Å². The Balaban J connectivity index is 2.19. The first-order valence-electron chi connectivity index (χ1n) is 5.39. The van der Waals surface area contributed by atoms with Crippen molar-refractivity contribution in [2.75, 3.05) is 20.3 Å². The fourth-order valence-corrected chi connectivity index (χ4v) is 2.68. The zero-order chi connectivity index (χ0) is 11.8. The summed E-state index contributed by atoms with van der Waals surface area (Å²) in [5, 5.41) is 3.05. The highest BCUT2D eigenvalue weighted by molar-refractivity contribution is 7.09. The number of hydrogen-bond acceptors (Lipinski definition) is 5. The summed E-state index contributed by atoms with van der Waals surface area (Å²) in [5.74, 6) is 0.234. The highest BCUT2D eigenvalue weighted by Crippen LogP contribution is 2.31. The van der Waals surface area contributed by atoms with Crippen LogP contribution in [0.4, 0.5) is 0 Å². The minimum absolute atomic E-state index is 0.0700. The molecule has 0 spiro atoms. The Kier molecular flexibility index (Phi) is 3.30. The summed E-state index contributed by atoms with van der Waals surface area (Å²) in [5.41, 5.74) is 6.68. The van der Waals surface area contributed by atoms with Gasteiger partial charge in [0.25, 0.3) is 0 Å². The van der Waals surface area contributed by atoms with Crippen molar-refractivity contribution in [1.29, 1.82) is 0 Å². The van der Waals surface area contributed by atoms with E-state index in [1.54, 1.807) is 18.4 Å². The number of nitrogens with zero attached hydrogens (tertiary/aromatic N) is 1. The maximum Gasteiger partial charge on any atom is 0.124 e. The second kappa shape index (κ2) is 4.41. The van der Waals surface area contributed by atoms with Crippen molar-refractivity contribution >= 4 is 11.3 Å². The zero-order valence-electron chi connectivity index (χ0n) is 9.90. The molecule has 2 unspecified atom stereocenters. The van der Waals surface area contributed by atoms with E-state index in [1.165, 1.54) is 0 Å². The first-order valence-corrected chi connectivity index (χ1v) is 6.27. The first kappa shape index (κ1) is 12.0. The molecule has 0 aromatic carbocycles. The Bertz CT molecular complexity index is 365. The lowest BCUT2D eigenvalue weighted by Gasteiger charge is -2.19. The van der Waals surface area contributed by atoms with Gasteiger partial charge in [0.05, 0.1) is 18.9 Å². The molecule has 2 N–H and O–H groups in total. The van der Waals surface area contributed by atoms with E-state index in [9.17, 15) is 0 Å². The second-order valence-electron chi connectivity index (χ2n) is 4.60. The third-order valence-corrected chi connectivity index (χ3v) is 4.22. The molecule has 0 radical (unpaired) electrons. The van der Waals surface area contributed by atoms with Gasteiger partial charge in [0, 0.05) is 24.4 Å². The molecule has 2 heterocycles. The van der Waals surface area contributed by atoms with Crippen LogP contribution in [0, 0.1) is 0 Å². The summed E-state index contributed by atoms with van der Waals surface area (Å²) in [6.45, 7) is 5.34. The van der Waals surface area contributed by atoms with Gasteiger partial charge in [-0.05, 0) is 13.8 Å². The molecule has 90 valence electrons. The van der Waals surface area contributed by atoms with E-state index < -0.39 is 0 Å². The van der Waals surface area contributed by atoms with Crippen molar-refractivity contribution in [3.63, 3.8) is 0 Å². The summed E-state index contributed by atoms with van der Waals surface area (Å²) in [4.78, 5) is 4.62. The number of hydrogen-bond donors (Lipinski definition) is 1. The minimum atomic E-state index is -0.327. The lowest BCUT2D eigenvalue weighted by molar-refractivity contribution is 0.0188. The van der Waals surface area contributed by atoms with Gasteiger partial charge in [0.1, 0.15) is 10.6 Å². The minimum Gasteiger partial charge on any atom is -0.379 e. The molecule has 1 aliphatic rings. The van der Waals surface area contributed by atoms with Crippen molar-refractivity contribution in [2.45, 2.75) is 31.4 Å². The largest absolute Gasteiger partial charge is 0.379 e. The van der Waals surface area contributed by atoms with Crippen molar-refractivity contribution in [2.24, 2.45) is 5.73 Å². The van der Waals surface area contributed by atoms with Gasteiger partial charge >= 0.3 is 0 Å². The number of aromatic nitrogens is 1. The number of methoxy groups -OCH3 is 1. The molecule has 1 saturated heterocycles. The Morgan fingerprint density at radius 1 is 1.56 bits per heavy atom. The fraction of sp³-hybridized carbons (Fsp3) is 0.727. The molecule has 2 rings (SSSR count). The van der Waals surface area contributed by atoms with E-state index in [0.29, 0.717) is 13.2 Å². The van der Waals surface area contributed by atoms with Gasteiger partial charge in [-0.1, -0.05) is 0 Å². The highest BCUT2D eigenvalue weighted by Gasteiger charge is 2.31. The van der Waals surface area contributed by atoms with Crippen LogP contribution in [0.3, 0.4) is 0 Å². The van der Waals surface area contributed by atoms with Gasteiger partial charge in [-0.15, -0.1) is 11.3 Å². The number of thiazole rings is 1. The molecule has 2 atom stereocenters. The van der Waals surface area contributed by atoms with E-state index >= 15 is 0 Å². The summed E-state index contributed by atoms with van der Waals surface area (Å²) in [6, 6.07) is 0.0700. The summed E-state index contributed by atoms with van der Waals surface area (Å²) >= 11 is 1.62. The van der Waals surface area contributed by atoms with E-state index in [0.717, 1.165) is 10.7 Å². The highest BCUT2D eigenvalue weighted by atomic mass is 32.1. The van der Waals surface area contributed by atoms with Crippen LogP contribution in [0.25, 0.3) is 0 Å². The molecule has 0 bridgehead atoms. The number of rotatable bonds is 3. The van der Waals surface area contributed by atoms with E-state index in [2.05, 4.69) is 10.4 Å². The molecule has 0 amide bonds. The molecule has 0 aliphatic carbocycles. The number of ether oxygens (including phenoxy) is 2. The SMILES string of the molecule is COC(C)(C)c1nc(C2COCC2N)cs1. The molecule has 0 saturated carbocycles. The molecular weight excluding hydrogens is 224 g/mol. The molecule has 1 fully saturated rings. The van der Waals surface area contributed by atoms with Gasteiger partial charge in [-0.3, -0.25) is 0 Å². The Labute approximate surface area is 99.8 Å². The summed E-state index contributed by atoms with van der Waals surface area (Å²) in [7, 11) is 1.70. The molecule has 1 aromatic rings. The van der Waals surface area contributed by atoms with Crippen molar-refractivity contribution in [3.05, 3.63) is 16.1 Å². The predicted octanol–water partition coefficient (Wildman–Crippen LogP) is 1.47. The topological polar surface area (TPSA) is 57.4 Å². The van der Waals surface area contributed by atoms with Crippen molar-refractivity contribution in [1.82, 2.24) is 4.98 Å². The van der Waals surface area contributed by atoms with Crippen LogP contribution in [-0.4, -0.2) is 31.3 Å². The van der Waals surface area contributed by atoms with Crippen LogP contribution >= 0.6 is 11.3 Å². The smallest absolute Gasteiger partial charge is 0.124 e. The molecule has 4 nitrogen and oxygen atoms in total.